The van der Waals surface area contributed by atoms with Gasteiger partial charge in [-0.25, -0.2) is 14.8 Å². The van der Waals surface area contributed by atoms with Gasteiger partial charge in [-0.2, -0.15) is 0 Å². The van der Waals surface area contributed by atoms with Crippen molar-refractivity contribution >= 4 is 28.5 Å². The van der Waals surface area contributed by atoms with Crippen molar-refractivity contribution in [3.63, 3.8) is 0 Å². The van der Waals surface area contributed by atoms with Gasteiger partial charge in [0.15, 0.2) is 11.5 Å². The molecule has 2 aliphatic rings. The molecule has 208 valence electrons. The molecule has 0 saturated carbocycles. The van der Waals surface area contributed by atoms with Crippen LogP contribution >= 0.6 is 0 Å². The molecule has 1 amide bonds. The average molecular weight is 535 g/mol. The Kier molecular flexibility index (Phi) is 7.26. The van der Waals surface area contributed by atoms with Crippen molar-refractivity contribution < 1.29 is 19.0 Å². The third kappa shape index (κ3) is 5.31. The molecule has 0 unspecified atom stereocenters. The number of nitrogens with one attached hydrogen (secondary N) is 1. The molecule has 3 atom stereocenters. The summed E-state index contributed by atoms with van der Waals surface area (Å²) in [5.74, 6) is 1.98. The first-order valence-corrected chi connectivity index (χ1v) is 13.4. The van der Waals surface area contributed by atoms with Crippen molar-refractivity contribution in [2.45, 2.75) is 58.7 Å². The molecule has 2 fully saturated rings. The van der Waals surface area contributed by atoms with Gasteiger partial charge < -0.3 is 35.9 Å². The minimum Gasteiger partial charge on any atom is -0.493 e. The summed E-state index contributed by atoms with van der Waals surface area (Å²) in [5.41, 5.74) is 16.0. The second-order valence-corrected chi connectivity index (χ2v) is 10.9. The van der Waals surface area contributed by atoms with E-state index in [1.807, 2.05) is 39.8 Å². The van der Waals surface area contributed by atoms with Gasteiger partial charge in [0.25, 0.3) is 0 Å². The van der Waals surface area contributed by atoms with Crippen LogP contribution in [-0.4, -0.2) is 59.9 Å². The highest BCUT2D eigenvalue weighted by atomic mass is 16.6. The maximum Gasteiger partial charge on any atom is 0.415 e. The standard InChI is InChI=1S/C29H38N6O4/c1-16-10-20(12-21(30)11-16)17(2)32-27-22-13-25(24(37-5)14-23(22)33-19(4)34-27)39-28(36)35-8-6-29(7-9-35)15-38-18(3)26(29)31/h10-14,17-18,26H,6-9,15,30-31H2,1-5H3,(H,32,33,34)/t17-,18-,26+/m1/s1. The summed E-state index contributed by atoms with van der Waals surface area (Å²) in [6.07, 6.45) is 1.18. The number of ether oxygens (including phenoxy) is 3. The highest BCUT2D eigenvalue weighted by molar-refractivity contribution is 5.92. The Balaban J connectivity index is 1.38. The molecule has 2 aliphatic heterocycles. The van der Waals surface area contributed by atoms with Gasteiger partial charge in [0, 0.05) is 41.7 Å². The maximum absolute atomic E-state index is 13.2. The van der Waals surface area contributed by atoms with E-state index in [4.69, 9.17) is 25.7 Å². The number of hydrogen-bond acceptors (Lipinski definition) is 9. The van der Waals surface area contributed by atoms with Gasteiger partial charge >= 0.3 is 6.09 Å². The lowest BCUT2D eigenvalue weighted by molar-refractivity contribution is 0.0669. The number of carbonyl (C=O) groups excluding carboxylic acids is 1. The molecule has 10 nitrogen and oxygen atoms in total. The van der Waals surface area contributed by atoms with E-state index in [1.165, 1.54) is 0 Å². The average Bonchev–Trinajstić information content (AvgIpc) is 3.16. The van der Waals surface area contributed by atoms with Crippen molar-refractivity contribution in [2.24, 2.45) is 11.1 Å². The number of nitrogens with zero attached hydrogens (tertiary/aromatic N) is 3. The second-order valence-electron chi connectivity index (χ2n) is 10.9. The van der Waals surface area contributed by atoms with Crippen LogP contribution in [0.25, 0.3) is 10.9 Å². The lowest BCUT2D eigenvalue weighted by atomic mass is 9.73. The summed E-state index contributed by atoms with van der Waals surface area (Å²) < 4.78 is 17.3. The molecular formula is C29H38N6O4. The number of rotatable bonds is 5. The van der Waals surface area contributed by atoms with E-state index in [9.17, 15) is 4.79 Å². The Morgan fingerprint density at radius 2 is 1.90 bits per heavy atom. The SMILES string of the molecule is COc1cc2nc(C)nc(N[C@H](C)c3cc(C)cc(N)c3)c2cc1OC(=O)N1CCC2(CC1)CO[C@H](C)[C@@H]2N. The lowest BCUT2D eigenvalue weighted by Crippen LogP contribution is -2.52. The fourth-order valence-corrected chi connectivity index (χ4v) is 5.75. The largest absolute Gasteiger partial charge is 0.493 e. The number of carbonyl (C=O) groups is 1. The highest BCUT2D eigenvalue weighted by Crippen LogP contribution is 2.42. The van der Waals surface area contributed by atoms with Gasteiger partial charge in [0.1, 0.15) is 11.6 Å². The van der Waals surface area contributed by atoms with Crippen LogP contribution in [0.1, 0.15) is 49.7 Å². The van der Waals surface area contributed by atoms with Crippen molar-refractivity contribution in [1.29, 1.82) is 0 Å². The number of piperidine rings is 1. The number of benzene rings is 2. The summed E-state index contributed by atoms with van der Waals surface area (Å²) in [6, 6.07) is 9.41. The normalized spacial score (nSPS) is 21.2. The number of hydrogen-bond donors (Lipinski definition) is 3. The molecule has 1 aromatic heterocycles. The molecule has 2 saturated heterocycles. The van der Waals surface area contributed by atoms with E-state index >= 15 is 0 Å². The molecule has 5 N–H and O–H groups in total. The maximum atomic E-state index is 13.2. The first-order valence-electron chi connectivity index (χ1n) is 13.4. The summed E-state index contributed by atoms with van der Waals surface area (Å²) in [4.78, 5) is 24.2. The molecule has 3 heterocycles. The topological polar surface area (TPSA) is 138 Å². The summed E-state index contributed by atoms with van der Waals surface area (Å²) >= 11 is 0. The number of methoxy groups -OCH3 is 1. The Morgan fingerprint density at radius 3 is 2.54 bits per heavy atom. The molecule has 10 heteroatoms. The lowest BCUT2D eigenvalue weighted by Gasteiger charge is -2.40. The van der Waals surface area contributed by atoms with Gasteiger partial charge in [-0.15, -0.1) is 0 Å². The fourth-order valence-electron chi connectivity index (χ4n) is 5.75. The Morgan fingerprint density at radius 1 is 1.15 bits per heavy atom. The van der Waals surface area contributed by atoms with Gasteiger partial charge in [-0.1, -0.05) is 6.07 Å². The van der Waals surface area contributed by atoms with E-state index in [-0.39, 0.29) is 23.6 Å². The zero-order valence-electron chi connectivity index (χ0n) is 23.3. The van der Waals surface area contributed by atoms with Crippen molar-refractivity contribution in [3.8, 4) is 11.5 Å². The molecule has 2 aromatic carbocycles. The smallest absolute Gasteiger partial charge is 0.415 e. The molecule has 0 aliphatic carbocycles. The third-order valence-electron chi connectivity index (χ3n) is 8.13. The summed E-state index contributed by atoms with van der Waals surface area (Å²) in [5, 5.41) is 4.21. The van der Waals surface area contributed by atoms with Crippen LogP contribution in [0.4, 0.5) is 16.3 Å². The number of likely N-dealkylation sites (tertiary alicyclic amines) is 1. The Hall–Kier alpha value is -3.63. The second kappa shape index (κ2) is 10.5. The number of nitrogens with two attached hydrogens (primary N) is 2. The number of anilines is 2. The molecule has 0 radical (unpaired) electrons. The van der Waals surface area contributed by atoms with Crippen LogP contribution in [0, 0.1) is 19.3 Å². The molecule has 0 bridgehead atoms. The zero-order valence-corrected chi connectivity index (χ0v) is 23.3. The van der Waals surface area contributed by atoms with Crippen LogP contribution < -0.4 is 26.3 Å². The van der Waals surface area contributed by atoms with Gasteiger partial charge in [0.2, 0.25) is 0 Å². The van der Waals surface area contributed by atoms with Crippen molar-refractivity contribution in [1.82, 2.24) is 14.9 Å². The molecule has 39 heavy (non-hydrogen) atoms. The van der Waals surface area contributed by atoms with E-state index in [2.05, 4.69) is 21.4 Å². The zero-order chi connectivity index (χ0) is 27.9. The predicted molar refractivity (Wildman–Crippen MR) is 151 cm³/mol. The van der Waals surface area contributed by atoms with Crippen LogP contribution in [-0.2, 0) is 4.74 Å². The van der Waals surface area contributed by atoms with Crippen LogP contribution in [0.3, 0.4) is 0 Å². The van der Waals surface area contributed by atoms with Gasteiger partial charge in [0.05, 0.1) is 31.4 Å². The summed E-state index contributed by atoms with van der Waals surface area (Å²) in [7, 11) is 1.54. The molecule has 3 aromatic rings. The minimum absolute atomic E-state index is 0.0238. The van der Waals surface area contributed by atoms with Crippen LogP contribution in [0.15, 0.2) is 30.3 Å². The fraction of sp³-hybridized carbons (Fsp3) is 0.483. The number of aromatic nitrogens is 2. The molecule has 1 spiro atoms. The van der Waals surface area contributed by atoms with Gasteiger partial charge in [-0.3, -0.25) is 0 Å². The van der Waals surface area contributed by atoms with Crippen molar-refractivity contribution in [2.75, 3.05) is 37.9 Å². The monoisotopic (exact) mass is 534 g/mol. The summed E-state index contributed by atoms with van der Waals surface area (Å²) in [6.45, 7) is 9.67. The highest BCUT2D eigenvalue weighted by Gasteiger charge is 2.48. The van der Waals surface area contributed by atoms with Crippen LogP contribution in [0.5, 0.6) is 11.5 Å². The number of amides is 1. The minimum atomic E-state index is -0.422. The van der Waals surface area contributed by atoms with Crippen molar-refractivity contribution in [3.05, 3.63) is 47.3 Å². The van der Waals surface area contributed by atoms with E-state index < -0.39 is 6.09 Å². The predicted octanol–water partition coefficient (Wildman–Crippen LogP) is 4.34. The first-order chi connectivity index (χ1) is 18.6. The molecule has 5 rings (SSSR count). The molecular weight excluding hydrogens is 496 g/mol. The van der Waals surface area contributed by atoms with Gasteiger partial charge in [-0.05, 0) is 69.9 Å². The Labute approximate surface area is 229 Å². The van der Waals surface area contributed by atoms with E-state index in [1.54, 1.807) is 24.1 Å². The Bertz CT molecular complexity index is 1370. The third-order valence-corrected chi connectivity index (χ3v) is 8.13. The number of aryl methyl sites for hydroxylation is 2. The number of fused-ring (bicyclic) bond motifs is 1. The first kappa shape index (κ1) is 27.0. The number of nitrogen functional groups attached to an aromatic ring is 1. The van der Waals surface area contributed by atoms with E-state index in [0.29, 0.717) is 54.0 Å². The van der Waals surface area contributed by atoms with Crippen LogP contribution in [0.2, 0.25) is 0 Å². The quantitative estimate of drug-likeness (QED) is 0.408. The van der Waals surface area contributed by atoms with E-state index in [0.717, 1.165) is 29.4 Å².